The van der Waals surface area contributed by atoms with Crippen LogP contribution >= 0.6 is 0 Å². The summed E-state index contributed by atoms with van der Waals surface area (Å²) in [5, 5.41) is 8.57. The van der Waals surface area contributed by atoms with Gasteiger partial charge in [0.2, 0.25) is 23.6 Å². The zero-order valence-corrected chi connectivity index (χ0v) is 15.8. The summed E-state index contributed by atoms with van der Waals surface area (Å²) < 4.78 is 0. The van der Waals surface area contributed by atoms with Gasteiger partial charge in [0, 0.05) is 0 Å². The van der Waals surface area contributed by atoms with Gasteiger partial charge >= 0.3 is 0 Å². The van der Waals surface area contributed by atoms with E-state index in [-0.39, 0.29) is 23.6 Å². The zero-order chi connectivity index (χ0) is 20.6. The Kier molecular flexibility index (Phi) is 3.54. The molecule has 0 unspecified atom stereocenters. The minimum atomic E-state index is -0.765. The molecule has 4 saturated heterocycles. The molecule has 6 atom stereocenters. The molecule has 8 heteroatoms. The highest BCUT2D eigenvalue weighted by Crippen LogP contribution is 2.56. The van der Waals surface area contributed by atoms with E-state index in [0.717, 1.165) is 11.1 Å². The number of hydrogen-bond donors (Lipinski definition) is 2. The number of hydrazine groups is 1. The van der Waals surface area contributed by atoms with Gasteiger partial charge in [0.05, 0.1) is 23.9 Å². The molecule has 4 aliphatic rings. The van der Waals surface area contributed by atoms with Crippen molar-refractivity contribution in [2.45, 2.75) is 24.2 Å². The summed E-state index contributed by atoms with van der Waals surface area (Å²) >= 11 is 0. The Morgan fingerprint density at radius 3 is 1.23 bits per heavy atom. The van der Waals surface area contributed by atoms with E-state index in [2.05, 4.69) is 10.6 Å². The molecule has 4 heterocycles. The van der Waals surface area contributed by atoms with Crippen LogP contribution in [0.5, 0.6) is 0 Å². The Balaban J connectivity index is 1.58. The first-order valence-corrected chi connectivity index (χ1v) is 9.94. The van der Waals surface area contributed by atoms with Gasteiger partial charge in [-0.3, -0.25) is 29.8 Å². The van der Waals surface area contributed by atoms with E-state index >= 15 is 0 Å². The molecule has 0 spiro atoms. The van der Waals surface area contributed by atoms with Crippen LogP contribution in [-0.2, 0) is 19.2 Å². The highest BCUT2D eigenvalue weighted by Gasteiger charge is 2.71. The molecule has 2 aromatic carbocycles. The molecule has 0 aliphatic carbocycles. The number of rotatable bonds is 2. The molecule has 0 saturated carbocycles. The van der Waals surface area contributed by atoms with Gasteiger partial charge in [-0.05, 0) is 11.1 Å². The van der Waals surface area contributed by atoms with Crippen molar-refractivity contribution >= 4 is 23.6 Å². The maximum absolute atomic E-state index is 12.9. The smallest absolute Gasteiger partial charge is 0.246 e. The fraction of sp³-hybridized carbons (Fsp3) is 0.273. The van der Waals surface area contributed by atoms with Crippen molar-refractivity contribution in [3.8, 4) is 0 Å². The lowest BCUT2D eigenvalue weighted by Gasteiger charge is -2.33. The van der Waals surface area contributed by atoms with Crippen LogP contribution in [0.2, 0.25) is 0 Å². The summed E-state index contributed by atoms with van der Waals surface area (Å²) in [7, 11) is 0. The molecule has 4 fully saturated rings. The number of imide groups is 2. The first-order valence-electron chi connectivity index (χ1n) is 9.94. The standard InChI is InChI=1S/C22H18N4O4/c27-19-13-15(11-7-3-1-4-8-11)25-18-14(20(28)24-22(18)30)16(12-9-5-2-6-10-12)26(25)17(13)21(29)23-19/h1-10,13-18H,(H,23,27,29)(H,24,28,30)/t13-,14+,15+,16-,17-,18+. The van der Waals surface area contributed by atoms with Crippen molar-refractivity contribution in [2.75, 3.05) is 0 Å². The fourth-order valence-corrected chi connectivity index (χ4v) is 5.64. The van der Waals surface area contributed by atoms with Crippen LogP contribution < -0.4 is 10.6 Å². The van der Waals surface area contributed by atoms with Gasteiger partial charge in [-0.15, -0.1) is 0 Å². The number of benzene rings is 2. The van der Waals surface area contributed by atoms with E-state index < -0.39 is 36.0 Å². The Labute approximate surface area is 171 Å². The number of fused-ring (bicyclic) bond motifs is 5. The normalized spacial score (nSPS) is 35.2. The second-order valence-corrected chi connectivity index (χ2v) is 8.12. The number of carbonyl (C=O) groups excluding carboxylic acids is 4. The Bertz CT molecular complexity index is 1000. The van der Waals surface area contributed by atoms with E-state index in [1.807, 2.05) is 70.7 Å². The molecule has 6 rings (SSSR count). The molecule has 0 radical (unpaired) electrons. The lowest BCUT2D eigenvalue weighted by molar-refractivity contribution is -0.139. The second kappa shape index (κ2) is 6.07. The minimum Gasteiger partial charge on any atom is -0.295 e. The van der Waals surface area contributed by atoms with E-state index in [0.29, 0.717) is 0 Å². The first-order chi connectivity index (χ1) is 14.6. The maximum Gasteiger partial charge on any atom is 0.246 e. The van der Waals surface area contributed by atoms with Crippen LogP contribution in [0.1, 0.15) is 23.2 Å². The molecule has 8 nitrogen and oxygen atoms in total. The van der Waals surface area contributed by atoms with Crippen molar-refractivity contribution in [1.82, 2.24) is 20.7 Å². The van der Waals surface area contributed by atoms with E-state index in [9.17, 15) is 19.2 Å². The third kappa shape index (κ3) is 2.12. The molecule has 2 aromatic rings. The summed E-state index contributed by atoms with van der Waals surface area (Å²) in [6, 6.07) is 16.2. The van der Waals surface area contributed by atoms with Crippen molar-refractivity contribution in [3.05, 3.63) is 71.8 Å². The van der Waals surface area contributed by atoms with Crippen molar-refractivity contribution in [1.29, 1.82) is 0 Å². The van der Waals surface area contributed by atoms with Crippen LogP contribution in [-0.4, -0.2) is 45.7 Å². The predicted octanol–water partition coefficient (Wildman–Crippen LogP) is 0.298. The lowest BCUT2D eigenvalue weighted by Crippen LogP contribution is -2.48. The molecule has 30 heavy (non-hydrogen) atoms. The number of carbonyl (C=O) groups is 4. The third-order valence-corrected chi connectivity index (χ3v) is 6.69. The summed E-state index contributed by atoms with van der Waals surface area (Å²) in [6.45, 7) is 0. The van der Waals surface area contributed by atoms with Crippen LogP contribution in [0.15, 0.2) is 60.7 Å². The third-order valence-electron chi connectivity index (χ3n) is 6.69. The highest BCUT2D eigenvalue weighted by atomic mass is 16.2. The predicted molar refractivity (Wildman–Crippen MR) is 103 cm³/mol. The summed E-state index contributed by atoms with van der Waals surface area (Å²) in [6.07, 6.45) is 0. The number of nitrogens with one attached hydrogen (secondary N) is 2. The van der Waals surface area contributed by atoms with E-state index in [1.54, 1.807) is 0 Å². The molecule has 2 N–H and O–H groups in total. The SMILES string of the molecule is O=C1NC(=O)[C@@H]2[C@@H]1[C@@H](c1ccccc1)N1[C@H]3C(=O)NC(=O)[C@@H]3[C@H](c3ccccc3)N21. The van der Waals surface area contributed by atoms with Gasteiger partial charge in [0.25, 0.3) is 0 Å². The van der Waals surface area contributed by atoms with Crippen LogP contribution in [0.4, 0.5) is 0 Å². The highest BCUT2D eigenvalue weighted by molar-refractivity contribution is 6.10. The number of nitrogens with zero attached hydrogens (tertiary/aromatic N) is 2. The largest absolute Gasteiger partial charge is 0.295 e. The van der Waals surface area contributed by atoms with Gasteiger partial charge in [-0.1, -0.05) is 60.7 Å². The molecule has 4 aliphatic heterocycles. The van der Waals surface area contributed by atoms with Gasteiger partial charge in [0.15, 0.2) is 0 Å². The molecular weight excluding hydrogens is 384 g/mol. The van der Waals surface area contributed by atoms with Gasteiger partial charge < -0.3 is 0 Å². The molecule has 0 aromatic heterocycles. The van der Waals surface area contributed by atoms with Gasteiger partial charge in [0.1, 0.15) is 12.1 Å². The first kappa shape index (κ1) is 17.5. The van der Waals surface area contributed by atoms with Crippen molar-refractivity contribution in [3.63, 3.8) is 0 Å². The molecular formula is C22H18N4O4. The average molecular weight is 402 g/mol. The summed E-state index contributed by atoms with van der Waals surface area (Å²) in [5.41, 5.74) is 1.67. The summed E-state index contributed by atoms with van der Waals surface area (Å²) in [4.78, 5) is 51.3. The van der Waals surface area contributed by atoms with Crippen molar-refractivity contribution < 1.29 is 19.2 Å². The number of amides is 4. The van der Waals surface area contributed by atoms with E-state index in [4.69, 9.17) is 0 Å². The van der Waals surface area contributed by atoms with Gasteiger partial charge in [-0.25, -0.2) is 10.0 Å². The summed E-state index contributed by atoms with van der Waals surface area (Å²) in [5.74, 6) is -2.78. The number of hydrogen-bond acceptors (Lipinski definition) is 6. The fourth-order valence-electron chi connectivity index (χ4n) is 5.64. The van der Waals surface area contributed by atoms with Crippen molar-refractivity contribution in [2.24, 2.45) is 11.8 Å². The van der Waals surface area contributed by atoms with E-state index in [1.165, 1.54) is 0 Å². The van der Waals surface area contributed by atoms with Gasteiger partial charge in [-0.2, -0.15) is 0 Å². The Morgan fingerprint density at radius 1 is 0.500 bits per heavy atom. The molecule has 150 valence electrons. The Hall–Kier alpha value is -3.36. The average Bonchev–Trinajstić information content (AvgIpc) is 3.43. The Morgan fingerprint density at radius 2 is 0.867 bits per heavy atom. The topological polar surface area (TPSA) is 98.8 Å². The zero-order valence-electron chi connectivity index (χ0n) is 15.8. The molecule has 0 bridgehead atoms. The van der Waals surface area contributed by atoms with Crippen LogP contribution in [0.25, 0.3) is 0 Å². The minimum absolute atomic E-state index is 0.346. The molecule has 4 amide bonds. The maximum atomic E-state index is 12.9. The monoisotopic (exact) mass is 402 g/mol. The lowest BCUT2D eigenvalue weighted by atomic mass is 9.84. The van der Waals surface area contributed by atoms with Crippen LogP contribution in [0.3, 0.4) is 0 Å². The second-order valence-electron chi connectivity index (χ2n) is 8.12. The quantitative estimate of drug-likeness (QED) is 0.701. The van der Waals surface area contributed by atoms with Crippen LogP contribution in [0, 0.1) is 11.8 Å².